The molecule has 0 saturated heterocycles. The first-order valence-electron chi connectivity index (χ1n) is 12.0. The van der Waals surface area contributed by atoms with Crippen LogP contribution in [-0.2, 0) is 11.3 Å². The Bertz CT molecular complexity index is 868. The lowest BCUT2D eigenvalue weighted by Crippen LogP contribution is -2.51. The maximum atomic E-state index is 13.3. The van der Waals surface area contributed by atoms with Gasteiger partial charge in [0, 0.05) is 12.1 Å². The second-order valence-corrected chi connectivity index (χ2v) is 11.4. The lowest BCUT2D eigenvalue weighted by atomic mass is 9.49. The van der Waals surface area contributed by atoms with E-state index >= 15 is 0 Å². The number of hydrogen-bond donors (Lipinski definition) is 1. The molecule has 0 spiro atoms. The van der Waals surface area contributed by atoms with Crippen molar-refractivity contribution in [1.29, 1.82) is 5.26 Å². The van der Waals surface area contributed by atoms with Gasteiger partial charge in [0.1, 0.15) is 6.07 Å². The van der Waals surface area contributed by atoms with E-state index in [1.165, 1.54) is 38.3 Å². The maximum Gasteiger partial charge on any atom is 0.157 e. The van der Waals surface area contributed by atoms with Crippen molar-refractivity contribution in [1.82, 2.24) is 9.78 Å². The molecular weight excluding hydrogens is 386 g/mol. The van der Waals surface area contributed by atoms with Gasteiger partial charge >= 0.3 is 0 Å². The number of carbonyl (C=O) groups is 1. The van der Waals surface area contributed by atoms with Crippen molar-refractivity contribution in [2.45, 2.75) is 91.2 Å². The van der Waals surface area contributed by atoms with Crippen LogP contribution >= 0.6 is 0 Å². The second-order valence-electron chi connectivity index (χ2n) is 11.4. The molecule has 5 rings (SSSR count). The third-order valence-corrected chi connectivity index (χ3v) is 9.71. The molecule has 4 saturated carbocycles. The first-order valence-corrected chi connectivity index (χ1v) is 12.0. The Morgan fingerprint density at radius 1 is 1.16 bits per heavy atom. The summed E-state index contributed by atoms with van der Waals surface area (Å²) in [6, 6.07) is 2.09. The lowest BCUT2D eigenvalue weighted by Gasteiger charge is -2.56. The van der Waals surface area contributed by atoms with Gasteiger partial charge in [0.25, 0.3) is 0 Å². The van der Waals surface area contributed by atoms with Crippen molar-refractivity contribution in [3.63, 3.8) is 0 Å². The molecule has 1 aromatic rings. The molecule has 1 N–H and O–H groups in total. The fourth-order valence-corrected chi connectivity index (χ4v) is 8.39. The van der Waals surface area contributed by atoms with Crippen molar-refractivity contribution in [3.8, 4) is 6.07 Å². The predicted molar refractivity (Wildman–Crippen MR) is 120 cm³/mol. The average molecular weight is 426 g/mol. The molecule has 4 aliphatic carbocycles. The molecule has 0 radical (unpaired) electrons. The van der Waals surface area contributed by atoms with Crippen LogP contribution in [0.5, 0.6) is 0 Å². The van der Waals surface area contributed by atoms with Crippen LogP contribution in [0.25, 0.3) is 0 Å². The summed E-state index contributed by atoms with van der Waals surface area (Å²) in [6.45, 7) is 4.72. The van der Waals surface area contributed by atoms with Crippen LogP contribution < -0.4 is 0 Å². The van der Waals surface area contributed by atoms with Gasteiger partial charge < -0.3 is 5.11 Å². The van der Waals surface area contributed by atoms with Crippen LogP contribution in [0.4, 0.5) is 0 Å². The zero-order chi connectivity index (χ0) is 21.1. The Balaban J connectivity index is 0.00000231. The van der Waals surface area contributed by atoms with Gasteiger partial charge in [-0.2, -0.15) is 10.4 Å². The zero-order valence-corrected chi connectivity index (χ0v) is 18.4. The normalized spacial score (nSPS) is 43.7. The van der Waals surface area contributed by atoms with Crippen molar-refractivity contribution in [3.05, 3.63) is 18.0 Å². The van der Waals surface area contributed by atoms with Gasteiger partial charge in [0.15, 0.2) is 5.78 Å². The number of fused-ring (bicyclic) bond motifs is 5. The highest BCUT2D eigenvalue weighted by Gasteiger charge is 2.58. The fourth-order valence-electron chi connectivity index (χ4n) is 8.39. The average Bonchev–Trinajstić information content (AvgIpc) is 3.30. The first kappa shape index (κ1) is 22.5. The van der Waals surface area contributed by atoms with E-state index in [4.69, 9.17) is 5.26 Å². The number of Topliss-reactive ketones (excluding diaryl/α,β-unsaturated/α-hetero) is 1. The molecule has 5 heteroatoms. The van der Waals surface area contributed by atoms with Crippen LogP contribution in [0.15, 0.2) is 12.4 Å². The van der Waals surface area contributed by atoms with E-state index in [0.717, 1.165) is 43.4 Å². The van der Waals surface area contributed by atoms with Crippen molar-refractivity contribution < 1.29 is 9.90 Å². The molecule has 1 heterocycles. The van der Waals surface area contributed by atoms with E-state index in [-0.39, 0.29) is 18.8 Å². The SMILES string of the molecule is C.C[C@@]1(O)CC[C@H]2[C@H](CC[C@@H]3[C@@H]2CC[C@]2(C)[C@@H](C(=O)Cn4cc(C#N)cn4)CC[C@@H]32)C1. The summed E-state index contributed by atoms with van der Waals surface area (Å²) < 4.78 is 1.64. The van der Waals surface area contributed by atoms with Crippen molar-refractivity contribution >= 4 is 5.78 Å². The minimum atomic E-state index is -0.458. The quantitative estimate of drug-likeness (QED) is 0.741. The van der Waals surface area contributed by atoms with E-state index in [0.29, 0.717) is 29.7 Å². The molecule has 4 aliphatic rings. The van der Waals surface area contributed by atoms with E-state index < -0.39 is 5.60 Å². The Kier molecular flexibility index (Phi) is 5.83. The Morgan fingerprint density at radius 2 is 1.94 bits per heavy atom. The number of aliphatic hydroxyl groups is 1. The van der Waals surface area contributed by atoms with Crippen molar-refractivity contribution in [2.24, 2.45) is 40.9 Å². The molecule has 5 nitrogen and oxygen atoms in total. The standard InChI is InChI=1S/C25H35N3O2.CH4/c1-24(30)9-7-18-17(11-24)3-4-20-19(18)8-10-25(2)21(20)5-6-22(25)23(29)15-28-14-16(12-26)13-27-28;/h13-14,17-22,30H,3-11,15H2,1-2H3;1H4/t17-,18+,19-,20-,21+,22-,24-,25+;/m1./s1. The predicted octanol–water partition coefficient (Wildman–Crippen LogP) is 4.98. The summed E-state index contributed by atoms with van der Waals surface area (Å²) in [5.41, 5.74) is 0.179. The van der Waals surface area contributed by atoms with Gasteiger partial charge in [0.2, 0.25) is 0 Å². The van der Waals surface area contributed by atoms with Crippen LogP contribution in [0, 0.1) is 52.3 Å². The molecule has 8 atom stereocenters. The molecule has 31 heavy (non-hydrogen) atoms. The Morgan fingerprint density at radius 3 is 2.68 bits per heavy atom. The highest BCUT2D eigenvalue weighted by molar-refractivity contribution is 5.82. The van der Waals surface area contributed by atoms with Gasteiger partial charge in [-0.05, 0) is 99.7 Å². The summed E-state index contributed by atoms with van der Waals surface area (Å²) in [5, 5.41) is 23.8. The molecule has 0 aliphatic heterocycles. The highest BCUT2D eigenvalue weighted by Crippen LogP contribution is 2.64. The molecular formula is C26H39N3O2. The third-order valence-electron chi connectivity index (χ3n) is 9.71. The summed E-state index contributed by atoms with van der Waals surface area (Å²) in [7, 11) is 0. The number of nitriles is 1. The number of nitrogens with zero attached hydrogens (tertiary/aromatic N) is 3. The summed E-state index contributed by atoms with van der Waals surface area (Å²) in [6.07, 6.45) is 13.5. The number of hydrogen-bond acceptors (Lipinski definition) is 4. The molecule has 4 fully saturated rings. The molecule has 0 amide bonds. The maximum absolute atomic E-state index is 13.3. The second kappa shape index (κ2) is 8.03. The van der Waals surface area contributed by atoms with Gasteiger partial charge in [-0.3, -0.25) is 9.48 Å². The number of rotatable bonds is 3. The number of carbonyl (C=O) groups excluding carboxylic acids is 1. The highest BCUT2D eigenvalue weighted by atomic mass is 16.3. The topological polar surface area (TPSA) is 78.9 Å². The van der Waals surface area contributed by atoms with Gasteiger partial charge in [-0.25, -0.2) is 0 Å². The fraction of sp³-hybridized carbons (Fsp3) is 0.808. The smallest absolute Gasteiger partial charge is 0.157 e. The molecule has 0 bridgehead atoms. The van der Waals surface area contributed by atoms with Gasteiger partial charge in [-0.15, -0.1) is 0 Å². The molecule has 1 aromatic heterocycles. The largest absolute Gasteiger partial charge is 0.390 e. The van der Waals surface area contributed by atoms with Gasteiger partial charge in [0.05, 0.1) is 23.9 Å². The van der Waals surface area contributed by atoms with Gasteiger partial charge in [-0.1, -0.05) is 14.4 Å². The van der Waals surface area contributed by atoms with Crippen LogP contribution in [0.1, 0.15) is 84.6 Å². The lowest BCUT2D eigenvalue weighted by molar-refractivity contribution is -0.133. The van der Waals surface area contributed by atoms with Crippen LogP contribution in [-0.4, -0.2) is 26.3 Å². The Labute approximate surface area is 187 Å². The van der Waals surface area contributed by atoms with E-state index in [1.54, 1.807) is 10.9 Å². The Hall–Kier alpha value is -1.67. The summed E-state index contributed by atoms with van der Waals surface area (Å²) >= 11 is 0. The van der Waals surface area contributed by atoms with E-state index in [2.05, 4.69) is 18.1 Å². The molecule has 170 valence electrons. The molecule has 0 aromatic carbocycles. The summed E-state index contributed by atoms with van der Waals surface area (Å²) in [4.78, 5) is 13.3. The van der Waals surface area contributed by atoms with E-state index in [1.807, 2.05) is 6.92 Å². The minimum Gasteiger partial charge on any atom is -0.390 e. The van der Waals surface area contributed by atoms with Crippen LogP contribution in [0.2, 0.25) is 0 Å². The third kappa shape index (κ3) is 3.75. The van der Waals surface area contributed by atoms with E-state index in [9.17, 15) is 9.90 Å². The summed E-state index contributed by atoms with van der Waals surface area (Å²) in [5.74, 6) is 4.15. The number of ketones is 1. The monoisotopic (exact) mass is 425 g/mol. The van der Waals surface area contributed by atoms with Crippen LogP contribution in [0.3, 0.4) is 0 Å². The zero-order valence-electron chi connectivity index (χ0n) is 18.4. The number of aromatic nitrogens is 2. The minimum absolute atomic E-state index is 0. The van der Waals surface area contributed by atoms with Crippen molar-refractivity contribution in [2.75, 3.05) is 0 Å². The molecule has 0 unspecified atom stereocenters. The first-order chi connectivity index (χ1) is 14.3.